The summed E-state index contributed by atoms with van der Waals surface area (Å²) in [7, 11) is 3.26. The number of hydrogen-bond acceptors (Lipinski definition) is 5. The normalized spacial score (nSPS) is 11.9. The van der Waals surface area contributed by atoms with E-state index in [-0.39, 0.29) is 11.9 Å². The van der Waals surface area contributed by atoms with Crippen molar-refractivity contribution in [1.29, 1.82) is 0 Å². The van der Waals surface area contributed by atoms with Crippen LogP contribution in [0.2, 0.25) is 0 Å². The van der Waals surface area contributed by atoms with E-state index in [0.717, 1.165) is 16.9 Å². The third kappa shape index (κ3) is 6.46. The van der Waals surface area contributed by atoms with Crippen LogP contribution in [0.5, 0.6) is 17.2 Å². The van der Waals surface area contributed by atoms with Gasteiger partial charge in [0.1, 0.15) is 23.9 Å². The summed E-state index contributed by atoms with van der Waals surface area (Å²) in [5.41, 5.74) is 7.45. The smallest absolute Gasteiger partial charge is 0.234 e. The second kappa shape index (κ2) is 10.6. The molecular weight excluding hydrogens is 356 g/mol. The second-order valence-electron chi connectivity index (χ2n) is 7.08. The quantitative estimate of drug-likeness (QED) is 0.619. The Morgan fingerprint density at radius 3 is 2.50 bits per heavy atom. The first-order chi connectivity index (χ1) is 13.4. The summed E-state index contributed by atoms with van der Waals surface area (Å²) < 4.78 is 16.6. The largest absolute Gasteiger partial charge is 0.497 e. The average molecular weight is 386 g/mol. The minimum Gasteiger partial charge on any atom is -0.497 e. The lowest BCUT2D eigenvalue weighted by molar-refractivity contribution is -0.120. The monoisotopic (exact) mass is 386 g/mol. The Morgan fingerprint density at radius 1 is 1.07 bits per heavy atom. The molecule has 1 atom stereocenters. The van der Waals surface area contributed by atoms with Crippen molar-refractivity contribution in [3.63, 3.8) is 0 Å². The van der Waals surface area contributed by atoms with Crippen LogP contribution in [-0.4, -0.2) is 26.2 Å². The van der Waals surface area contributed by atoms with Gasteiger partial charge in [0.05, 0.1) is 20.3 Å². The van der Waals surface area contributed by atoms with Gasteiger partial charge in [0, 0.05) is 18.2 Å². The number of nitrogens with two attached hydrogens (primary N) is 1. The Balaban J connectivity index is 2.01. The molecule has 152 valence electrons. The zero-order chi connectivity index (χ0) is 20.5. The first kappa shape index (κ1) is 21.6. The summed E-state index contributed by atoms with van der Waals surface area (Å²) in [6.45, 7) is 5.04. The van der Waals surface area contributed by atoms with Crippen LogP contribution in [-0.2, 0) is 17.9 Å². The average Bonchev–Trinajstić information content (AvgIpc) is 2.69. The fourth-order valence-electron chi connectivity index (χ4n) is 2.89. The van der Waals surface area contributed by atoms with E-state index in [9.17, 15) is 4.79 Å². The number of nitrogens with one attached hydrogen (secondary N) is 1. The van der Waals surface area contributed by atoms with Gasteiger partial charge in [0.15, 0.2) is 0 Å². The highest BCUT2D eigenvalue weighted by Gasteiger charge is 2.17. The van der Waals surface area contributed by atoms with Gasteiger partial charge in [0.2, 0.25) is 5.91 Å². The lowest BCUT2D eigenvalue weighted by Crippen LogP contribution is -2.41. The van der Waals surface area contributed by atoms with Gasteiger partial charge in [-0.05, 0) is 36.1 Å². The molecule has 0 heterocycles. The standard InChI is InChI=1S/C22H30N2O4/c1-15(2)10-20(22(23)25)24-13-17-8-9-19(12-21(17)27-4)28-14-16-6-5-7-18(11-16)26-3/h5-9,11-12,15,20,24H,10,13-14H2,1-4H3,(H2,23,25). The molecule has 2 rings (SSSR count). The number of primary amides is 1. The molecule has 0 saturated carbocycles. The lowest BCUT2D eigenvalue weighted by Gasteiger charge is -2.19. The number of carbonyl (C=O) groups excluding carboxylic acids is 1. The van der Waals surface area contributed by atoms with Crippen molar-refractivity contribution in [1.82, 2.24) is 5.32 Å². The van der Waals surface area contributed by atoms with Gasteiger partial charge >= 0.3 is 0 Å². The van der Waals surface area contributed by atoms with Crippen molar-refractivity contribution in [2.75, 3.05) is 14.2 Å². The van der Waals surface area contributed by atoms with Gasteiger partial charge in [0.25, 0.3) is 0 Å². The number of carbonyl (C=O) groups is 1. The molecular formula is C22H30N2O4. The minimum atomic E-state index is -0.367. The fraction of sp³-hybridized carbons (Fsp3) is 0.409. The van der Waals surface area contributed by atoms with Crippen molar-refractivity contribution >= 4 is 5.91 Å². The van der Waals surface area contributed by atoms with Crippen LogP contribution in [0, 0.1) is 5.92 Å². The zero-order valence-electron chi connectivity index (χ0n) is 17.0. The molecule has 0 radical (unpaired) electrons. The predicted molar refractivity (Wildman–Crippen MR) is 110 cm³/mol. The molecule has 6 heteroatoms. The third-order valence-electron chi connectivity index (χ3n) is 4.39. The zero-order valence-corrected chi connectivity index (χ0v) is 17.0. The van der Waals surface area contributed by atoms with Crippen molar-refractivity contribution in [2.24, 2.45) is 11.7 Å². The minimum absolute atomic E-state index is 0.342. The van der Waals surface area contributed by atoms with Crippen LogP contribution >= 0.6 is 0 Å². The molecule has 3 N–H and O–H groups in total. The third-order valence-corrected chi connectivity index (χ3v) is 4.39. The SMILES string of the molecule is COc1cccc(COc2ccc(CNC(CC(C)C)C(N)=O)c(OC)c2)c1. The number of amides is 1. The summed E-state index contributed by atoms with van der Waals surface area (Å²) in [5, 5.41) is 3.22. The molecule has 0 aliphatic heterocycles. The highest BCUT2D eigenvalue weighted by Crippen LogP contribution is 2.26. The number of benzene rings is 2. The molecule has 1 amide bonds. The second-order valence-corrected chi connectivity index (χ2v) is 7.08. The van der Waals surface area contributed by atoms with Crippen molar-refractivity contribution < 1.29 is 19.0 Å². The molecule has 0 aromatic heterocycles. The summed E-state index contributed by atoms with van der Waals surface area (Å²) in [6, 6.07) is 13.0. The molecule has 0 fully saturated rings. The van der Waals surface area contributed by atoms with E-state index >= 15 is 0 Å². The van der Waals surface area contributed by atoms with E-state index in [1.807, 2.05) is 42.5 Å². The molecule has 0 bridgehead atoms. The molecule has 2 aromatic carbocycles. The Kier molecular flexibility index (Phi) is 8.14. The molecule has 0 spiro atoms. The van der Waals surface area contributed by atoms with Crippen molar-refractivity contribution in [3.05, 3.63) is 53.6 Å². The number of ether oxygens (including phenoxy) is 3. The maximum absolute atomic E-state index is 11.6. The van der Waals surface area contributed by atoms with Crippen LogP contribution in [0.15, 0.2) is 42.5 Å². The van der Waals surface area contributed by atoms with Crippen LogP contribution in [0.3, 0.4) is 0 Å². The summed E-state index contributed by atoms with van der Waals surface area (Å²) in [5.74, 6) is 2.23. The van der Waals surface area contributed by atoms with E-state index in [0.29, 0.717) is 37.0 Å². The van der Waals surface area contributed by atoms with E-state index in [2.05, 4.69) is 19.2 Å². The highest BCUT2D eigenvalue weighted by atomic mass is 16.5. The van der Waals surface area contributed by atoms with Crippen LogP contribution < -0.4 is 25.3 Å². The van der Waals surface area contributed by atoms with Gasteiger partial charge < -0.3 is 25.3 Å². The van der Waals surface area contributed by atoms with Crippen LogP contribution in [0.1, 0.15) is 31.4 Å². The van der Waals surface area contributed by atoms with Gasteiger partial charge in [-0.1, -0.05) is 32.0 Å². The first-order valence-corrected chi connectivity index (χ1v) is 9.38. The molecule has 28 heavy (non-hydrogen) atoms. The highest BCUT2D eigenvalue weighted by molar-refractivity contribution is 5.79. The molecule has 0 aliphatic carbocycles. The maximum atomic E-state index is 11.6. The molecule has 0 saturated heterocycles. The summed E-state index contributed by atoms with van der Waals surface area (Å²) in [4.78, 5) is 11.6. The Labute approximate surface area is 167 Å². The van der Waals surface area contributed by atoms with Crippen LogP contribution in [0.25, 0.3) is 0 Å². The summed E-state index contributed by atoms with van der Waals surface area (Å²) in [6.07, 6.45) is 0.694. The number of rotatable bonds is 11. The molecule has 1 unspecified atom stereocenters. The predicted octanol–water partition coefficient (Wildman–Crippen LogP) is 3.27. The van der Waals surface area contributed by atoms with E-state index in [4.69, 9.17) is 19.9 Å². The van der Waals surface area contributed by atoms with E-state index in [1.165, 1.54) is 0 Å². The van der Waals surface area contributed by atoms with Crippen molar-refractivity contribution in [2.45, 2.75) is 39.5 Å². The topological polar surface area (TPSA) is 82.8 Å². The Hall–Kier alpha value is -2.73. The maximum Gasteiger partial charge on any atom is 0.234 e. The molecule has 2 aromatic rings. The number of hydrogen-bond donors (Lipinski definition) is 2. The van der Waals surface area contributed by atoms with E-state index in [1.54, 1.807) is 14.2 Å². The van der Waals surface area contributed by atoms with Gasteiger partial charge in [-0.15, -0.1) is 0 Å². The van der Waals surface area contributed by atoms with Gasteiger partial charge in [-0.2, -0.15) is 0 Å². The van der Waals surface area contributed by atoms with Crippen molar-refractivity contribution in [3.8, 4) is 17.2 Å². The van der Waals surface area contributed by atoms with Gasteiger partial charge in [-0.25, -0.2) is 0 Å². The van der Waals surface area contributed by atoms with Crippen LogP contribution in [0.4, 0.5) is 0 Å². The lowest BCUT2D eigenvalue weighted by atomic mass is 10.0. The molecule has 6 nitrogen and oxygen atoms in total. The van der Waals surface area contributed by atoms with Gasteiger partial charge in [-0.3, -0.25) is 4.79 Å². The van der Waals surface area contributed by atoms with E-state index < -0.39 is 0 Å². The molecule has 0 aliphatic rings. The Bertz CT molecular complexity index is 777. The number of methoxy groups -OCH3 is 2. The first-order valence-electron chi connectivity index (χ1n) is 9.38. The fourth-order valence-corrected chi connectivity index (χ4v) is 2.89. The summed E-state index contributed by atoms with van der Waals surface area (Å²) >= 11 is 0. The Morgan fingerprint density at radius 2 is 1.86 bits per heavy atom.